The normalized spacial score (nSPS) is 28.0. The van der Waals surface area contributed by atoms with Crippen LogP contribution >= 0.6 is 0 Å². The van der Waals surface area contributed by atoms with Crippen LogP contribution < -0.4 is 9.62 Å². The highest BCUT2D eigenvalue weighted by Crippen LogP contribution is 2.60. The third kappa shape index (κ3) is 4.54. The number of nitrogens with one attached hydrogen (secondary N) is 1. The van der Waals surface area contributed by atoms with E-state index in [1.165, 1.54) is 48.4 Å². The van der Waals surface area contributed by atoms with Gasteiger partial charge in [-0.05, 0) is 97.4 Å². The molecule has 0 radical (unpaired) electrons. The molecule has 33 heavy (non-hydrogen) atoms. The maximum absolute atomic E-state index is 12.6. The third-order valence-corrected chi connectivity index (χ3v) is 9.37. The summed E-state index contributed by atoms with van der Waals surface area (Å²) in [5.41, 5.74) is 4.29. The molecule has 0 saturated heterocycles. The van der Waals surface area contributed by atoms with Crippen molar-refractivity contribution >= 4 is 21.6 Å². The maximum atomic E-state index is 12.6. The number of amides is 1. The average Bonchev–Trinajstić information content (AvgIpc) is 2.75. The second kappa shape index (κ2) is 8.46. The molecule has 4 bridgehead atoms. The fraction of sp³-hybridized carbons (Fsp3) is 0.519. The van der Waals surface area contributed by atoms with E-state index >= 15 is 0 Å². The molecule has 0 aliphatic heterocycles. The van der Waals surface area contributed by atoms with Crippen molar-refractivity contribution in [3.05, 3.63) is 65.2 Å². The highest BCUT2D eigenvalue weighted by Gasteiger charge is 2.51. The first-order chi connectivity index (χ1) is 15.7. The van der Waals surface area contributed by atoms with Crippen molar-refractivity contribution in [1.29, 1.82) is 0 Å². The summed E-state index contributed by atoms with van der Waals surface area (Å²) in [7, 11) is -3.59. The van der Waals surface area contributed by atoms with Crippen molar-refractivity contribution in [2.75, 3.05) is 17.1 Å². The van der Waals surface area contributed by atoms with Gasteiger partial charge in [-0.15, -0.1) is 0 Å². The SMILES string of the molecule is Cc1ccccc1CNC(=O)CN(c1ccc(C23CC4CC(CC(C4)C2)C3)cc1)S(C)(=O)=O. The van der Waals surface area contributed by atoms with Gasteiger partial charge in [0.1, 0.15) is 6.54 Å². The predicted molar refractivity (Wildman–Crippen MR) is 132 cm³/mol. The second-order valence-electron chi connectivity index (χ2n) is 10.7. The summed E-state index contributed by atoms with van der Waals surface area (Å²) < 4.78 is 26.3. The Labute approximate surface area is 197 Å². The van der Waals surface area contributed by atoms with Crippen LogP contribution in [-0.4, -0.2) is 27.1 Å². The lowest BCUT2D eigenvalue weighted by atomic mass is 9.48. The van der Waals surface area contributed by atoms with Crippen LogP contribution in [0.1, 0.15) is 55.2 Å². The number of hydrogen-bond acceptors (Lipinski definition) is 3. The zero-order chi connectivity index (χ0) is 23.2. The number of nitrogens with zero attached hydrogens (tertiary/aromatic N) is 1. The standard InChI is InChI=1S/C27H34N2O3S/c1-19-5-3-4-6-23(19)17-28-26(30)18-29(33(2,31)32)25-9-7-24(8-10-25)27-14-20-11-21(15-27)13-22(12-20)16-27/h3-10,20-22H,11-18H2,1-2H3,(H,28,30). The Kier molecular flexibility index (Phi) is 5.76. The highest BCUT2D eigenvalue weighted by atomic mass is 32.2. The number of carbonyl (C=O) groups excluding carboxylic acids is 1. The summed E-state index contributed by atoms with van der Waals surface area (Å²) in [6.07, 6.45) is 9.18. The topological polar surface area (TPSA) is 66.5 Å². The molecule has 0 unspecified atom stereocenters. The van der Waals surface area contributed by atoms with E-state index in [0.717, 1.165) is 35.1 Å². The van der Waals surface area contributed by atoms with Crippen molar-refractivity contribution < 1.29 is 13.2 Å². The summed E-state index contributed by atoms with van der Waals surface area (Å²) in [6.45, 7) is 2.16. The van der Waals surface area contributed by atoms with Crippen LogP contribution in [0, 0.1) is 24.7 Å². The number of benzene rings is 2. The van der Waals surface area contributed by atoms with Crippen LogP contribution in [-0.2, 0) is 26.8 Å². The molecule has 4 aliphatic carbocycles. The number of sulfonamides is 1. The largest absolute Gasteiger partial charge is 0.350 e. The third-order valence-electron chi connectivity index (χ3n) is 8.23. The van der Waals surface area contributed by atoms with Crippen LogP contribution in [0.5, 0.6) is 0 Å². The number of anilines is 1. The van der Waals surface area contributed by atoms with Crippen molar-refractivity contribution in [3.8, 4) is 0 Å². The van der Waals surface area contributed by atoms with E-state index in [1.807, 2.05) is 43.3 Å². The van der Waals surface area contributed by atoms with E-state index in [4.69, 9.17) is 0 Å². The monoisotopic (exact) mass is 466 g/mol. The lowest BCUT2D eigenvalue weighted by Gasteiger charge is -2.57. The van der Waals surface area contributed by atoms with Crippen molar-refractivity contribution in [3.63, 3.8) is 0 Å². The van der Waals surface area contributed by atoms with E-state index in [9.17, 15) is 13.2 Å². The molecule has 2 aromatic carbocycles. The van der Waals surface area contributed by atoms with Gasteiger partial charge in [-0.25, -0.2) is 8.42 Å². The fourth-order valence-corrected chi connectivity index (χ4v) is 7.89. The highest BCUT2D eigenvalue weighted by molar-refractivity contribution is 7.92. The van der Waals surface area contributed by atoms with Crippen LogP contribution in [0.4, 0.5) is 5.69 Å². The predicted octanol–water partition coefficient (Wildman–Crippen LogP) is 4.55. The minimum atomic E-state index is -3.59. The molecule has 1 N–H and O–H groups in total. The molecule has 4 aliphatic rings. The first-order valence-corrected chi connectivity index (χ1v) is 14.0. The Balaban J connectivity index is 1.30. The molecule has 0 spiro atoms. The molecule has 1 amide bonds. The van der Waals surface area contributed by atoms with E-state index < -0.39 is 10.0 Å². The Morgan fingerprint density at radius 1 is 0.970 bits per heavy atom. The summed E-state index contributed by atoms with van der Waals surface area (Å²) in [4.78, 5) is 12.6. The molecule has 0 aromatic heterocycles. The van der Waals surface area contributed by atoms with Crippen molar-refractivity contribution in [2.24, 2.45) is 17.8 Å². The Morgan fingerprint density at radius 2 is 1.55 bits per heavy atom. The molecular formula is C27H34N2O3S. The fourth-order valence-electron chi connectivity index (χ4n) is 7.03. The first kappa shape index (κ1) is 22.5. The lowest BCUT2D eigenvalue weighted by Crippen LogP contribution is -2.48. The van der Waals surface area contributed by atoms with Gasteiger partial charge in [-0.3, -0.25) is 9.10 Å². The smallest absolute Gasteiger partial charge is 0.241 e. The van der Waals surface area contributed by atoms with E-state index in [2.05, 4.69) is 17.4 Å². The minimum Gasteiger partial charge on any atom is -0.350 e. The number of aryl methyl sites for hydroxylation is 1. The van der Waals surface area contributed by atoms with Gasteiger partial charge in [0.2, 0.25) is 15.9 Å². The summed E-state index contributed by atoms with van der Waals surface area (Å²) >= 11 is 0. The Hall–Kier alpha value is -2.34. The molecular weight excluding hydrogens is 432 g/mol. The van der Waals surface area contributed by atoms with Gasteiger partial charge >= 0.3 is 0 Å². The zero-order valence-corrected chi connectivity index (χ0v) is 20.4. The Morgan fingerprint density at radius 3 is 2.09 bits per heavy atom. The van der Waals surface area contributed by atoms with Crippen LogP contribution in [0.2, 0.25) is 0 Å². The number of carbonyl (C=O) groups is 1. The van der Waals surface area contributed by atoms with E-state index in [-0.39, 0.29) is 17.9 Å². The number of rotatable bonds is 7. The molecule has 176 valence electrons. The molecule has 4 fully saturated rings. The summed E-state index contributed by atoms with van der Waals surface area (Å²) in [5.74, 6) is 2.27. The molecule has 6 heteroatoms. The second-order valence-corrected chi connectivity index (χ2v) is 12.6. The maximum Gasteiger partial charge on any atom is 0.241 e. The molecule has 5 nitrogen and oxygen atoms in total. The molecule has 0 atom stereocenters. The molecule has 2 aromatic rings. The molecule has 0 heterocycles. The number of hydrogen-bond donors (Lipinski definition) is 1. The quantitative estimate of drug-likeness (QED) is 0.651. The van der Waals surface area contributed by atoms with Gasteiger partial charge < -0.3 is 5.32 Å². The van der Waals surface area contributed by atoms with Crippen LogP contribution in [0.25, 0.3) is 0 Å². The van der Waals surface area contributed by atoms with Gasteiger partial charge in [0.15, 0.2) is 0 Å². The van der Waals surface area contributed by atoms with Gasteiger partial charge in [0.25, 0.3) is 0 Å². The average molecular weight is 467 g/mol. The minimum absolute atomic E-state index is 0.221. The summed E-state index contributed by atoms with van der Waals surface area (Å²) in [5, 5.41) is 2.87. The Bertz CT molecular complexity index is 1100. The molecule has 6 rings (SSSR count). The van der Waals surface area contributed by atoms with Gasteiger partial charge in [-0.2, -0.15) is 0 Å². The van der Waals surface area contributed by atoms with Crippen molar-refractivity contribution in [2.45, 2.75) is 57.4 Å². The van der Waals surface area contributed by atoms with Gasteiger partial charge in [0, 0.05) is 6.54 Å². The van der Waals surface area contributed by atoms with Crippen LogP contribution in [0.15, 0.2) is 48.5 Å². The first-order valence-electron chi connectivity index (χ1n) is 12.1. The lowest BCUT2D eigenvalue weighted by molar-refractivity contribution is -0.119. The molecule has 4 saturated carbocycles. The van der Waals surface area contributed by atoms with Crippen molar-refractivity contribution in [1.82, 2.24) is 5.32 Å². The summed E-state index contributed by atoms with van der Waals surface area (Å²) in [6, 6.07) is 15.9. The van der Waals surface area contributed by atoms with E-state index in [1.54, 1.807) is 0 Å². The van der Waals surface area contributed by atoms with E-state index in [0.29, 0.717) is 12.2 Å². The van der Waals surface area contributed by atoms with Gasteiger partial charge in [0.05, 0.1) is 11.9 Å². The van der Waals surface area contributed by atoms with Crippen LogP contribution in [0.3, 0.4) is 0 Å². The van der Waals surface area contributed by atoms with Gasteiger partial charge in [-0.1, -0.05) is 36.4 Å². The zero-order valence-electron chi connectivity index (χ0n) is 19.6.